The summed E-state index contributed by atoms with van der Waals surface area (Å²) in [7, 11) is 0. The number of hydrogen-bond donors (Lipinski definition) is 4. The third-order valence-corrected chi connectivity index (χ3v) is 4.52. The Hall–Kier alpha value is -1.95. The fourth-order valence-electron chi connectivity index (χ4n) is 3.04. The fourth-order valence-corrected chi connectivity index (χ4v) is 3.04. The van der Waals surface area contributed by atoms with Gasteiger partial charge < -0.3 is 20.6 Å². The van der Waals surface area contributed by atoms with Crippen molar-refractivity contribution in [3.63, 3.8) is 0 Å². The van der Waals surface area contributed by atoms with Crippen LogP contribution < -0.4 is 16.8 Å². The van der Waals surface area contributed by atoms with Crippen molar-refractivity contribution in [3.8, 4) is 0 Å². The molecule has 21 heavy (non-hydrogen) atoms. The molecule has 0 radical (unpaired) electrons. The number of aliphatic hydroxyl groups is 1. The summed E-state index contributed by atoms with van der Waals surface area (Å²) < 4.78 is 4.99. The Balaban J connectivity index is 1.92. The van der Waals surface area contributed by atoms with E-state index in [4.69, 9.17) is 10.2 Å². The summed E-state index contributed by atoms with van der Waals surface area (Å²) in [5, 5.41) is 13.2. The standard InChI is InChI=1S/C15H21N3O3/c1-9-2-4-15(8-19,5-3-9)18-11-7-12-13(6-10(11)16)21-14(20)17-12/h6-7,9,18-19H,2-5,8,16H2,1H3,(H,17,20). The van der Waals surface area contributed by atoms with E-state index in [1.807, 2.05) is 0 Å². The van der Waals surface area contributed by atoms with Crippen LogP contribution in [-0.2, 0) is 0 Å². The van der Waals surface area contributed by atoms with Crippen LogP contribution in [0.2, 0.25) is 0 Å². The average molecular weight is 291 g/mol. The Morgan fingerprint density at radius 2 is 2.19 bits per heavy atom. The van der Waals surface area contributed by atoms with Gasteiger partial charge in [0.1, 0.15) is 0 Å². The third-order valence-electron chi connectivity index (χ3n) is 4.52. The summed E-state index contributed by atoms with van der Waals surface area (Å²) in [5.74, 6) is 0.196. The molecule has 1 aromatic heterocycles. The minimum absolute atomic E-state index is 0.0686. The maximum Gasteiger partial charge on any atom is 0.417 e. The largest absolute Gasteiger partial charge is 0.417 e. The molecule has 0 spiro atoms. The van der Waals surface area contributed by atoms with Gasteiger partial charge in [0.2, 0.25) is 0 Å². The highest BCUT2D eigenvalue weighted by atomic mass is 16.4. The van der Waals surface area contributed by atoms with Gasteiger partial charge in [0.05, 0.1) is 29.0 Å². The first-order chi connectivity index (χ1) is 10.0. The average Bonchev–Trinajstić information content (AvgIpc) is 2.81. The van der Waals surface area contributed by atoms with E-state index in [1.165, 1.54) is 0 Å². The van der Waals surface area contributed by atoms with Crippen molar-refractivity contribution >= 4 is 22.5 Å². The predicted octanol–water partition coefficient (Wildman–Crippen LogP) is 2.06. The predicted molar refractivity (Wildman–Crippen MR) is 82.3 cm³/mol. The van der Waals surface area contributed by atoms with Crippen molar-refractivity contribution < 1.29 is 9.52 Å². The van der Waals surface area contributed by atoms with E-state index in [9.17, 15) is 9.90 Å². The zero-order valence-corrected chi connectivity index (χ0v) is 12.1. The van der Waals surface area contributed by atoms with E-state index in [-0.39, 0.29) is 12.1 Å². The molecule has 0 unspecified atom stereocenters. The molecular weight excluding hydrogens is 270 g/mol. The van der Waals surface area contributed by atoms with E-state index in [0.717, 1.165) is 31.4 Å². The van der Waals surface area contributed by atoms with Crippen molar-refractivity contribution in [1.82, 2.24) is 4.98 Å². The van der Waals surface area contributed by atoms with Gasteiger partial charge >= 0.3 is 5.76 Å². The molecule has 1 aliphatic carbocycles. The van der Waals surface area contributed by atoms with Crippen molar-refractivity contribution in [2.75, 3.05) is 17.7 Å². The zero-order valence-electron chi connectivity index (χ0n) is 12.1. The lowest BCUT2D eigenvalue weighted by Gasteiger charge is -2.39. The molecule has 3 rings (SSSR count). The number of hydrogen-bond acceptors (Lipinski definition) is 5. The number of nitrogens with one attached hydrogen (secondary N) is 2. The second kappa shape index (κ2) is 5.11. The van der Waals surface area contributed by atoms with Gasteiger partial charge in [-0.25, -0.2) is 4.79 Å². The van der Waals surface area contributed by atoms with E-state index < -0.39 is 5.76 Å². The number of aromatic amines is 1. The molecule has 6 nitrogen and oxygen atoms in total. The summed E-state index contributed by atoms with van der Waals surface area (Å²) in [4.78, 5) is 13.9. The molecule has 1 saturated carbocycles. The zero-order chi connectivity index (χ0) is 15.0. The van der Waals surface area contributed by atoms with Gasteiger partial charge in [-0.1, -0.05) is 6.92 Å². The molecule has 1 aromatic carbocycles. The molecule has 0 aliphatic heterocycles. The molecule has 1 heterocycles. The van der Waals surface area contributed by atoms with E-state index in [1.54, 1.807) is 12.1 Å². The Labute approximate surface area is 122 Å². The molecule has 5 N–H and O–H groups in total. The first kappa shape index (κ1) is 14.0. The Kier molecular flexibility index (Phi) is 3.41. The molecule has 6 heteroatoms. The summed E-state index contributed by atoms with van der Waals surface area (Å²) >= 11 is 0. The summed E-state index contributed by atoms with van der Waals surface area (Å²) in [6.07, 6.45) is 3.98. The molecule has 0 atom stereocenters. The second-order valence-corrected chi connectivity index (χ2v) is 6.20. The van der Waals surface area contributed by atoms with Gasteiger partial charge in [0.25, 0.3) is 0 Å². The summed E-state index contributed by atoms with van der Waals surface area (Å²) in [5.41, 5.74) is 7.98. The SMILES string of the molecule is CC1CCC(CO)(Nc2cc3[nH]c(=O)oc3cc2N)CC1. The first-order valence-corrected chi connectivity index (χ1v) is 7.33. The maximum atomic E-state index is 11.2. The number of oxazole rings is 1. The molecule has 0 amide bonds. The number of aromatic nitrogens is 1. The number of rotatable bonds is 3. The highest BCUT2D eigenvalue weighted by molar-refractivity contribution is 5.85. The normalized spacial score (nSPS) is 26.1. The molecule has 1 fully saturated rings. The van der Waals surface area contributed by atoms with Crippen LogP contribution in [0.5, 0.6) is 0 Å². The minimum Gasteiger partial charge on any atom is -0.408 e. The van der Waals surface area contributed by atoms with Crippen molar-refractivity contribution in [2.24, 2.45) is 5.92 Å². The lowest BCUT2D eigenvalue weighted by atomic mass is 9.77. The lowest BCUT2D eigenvalue weighted by Crippen LogP contribution is -2.45. The van der Waals surface area contributed by atoms with Crippen molar-refractivity contribution in [2.45, 2.75) is 38.1 Å². The Morgan fingerprint density at radius 1 is 1.48 bits per heavy atom. The summed E-state index contributed by atoms with van der Waals surface area (Å²) in [6, 6.07) is 3.40. The van der Waals surface area contributed by atoms with Gasteiger partial charge in [-0.2, -0.15) is 0 Å². The van der Waals surface area contributed by atoms with E-state index >= 15 is 0 Å². The van der Waals surface area contributed by atoms with Gasteiger partial charge in [0.15, 0.2) is 5.58 Å². The van der Waals surface area contributed by atoms with Gasteiger partial charge in [0, 0.05) is 6.07 Å². The summed E-state index contributed by atoms with van der Waals surface area (Å²) in [6.45, 7) is 2.30. The van der Waals surface area contributed by atoms with Crippen LogP contribution in [-0.4, -0.2) is 22.2 Å². The molecular formula is C15H21N3O3. The minimum atomic E-state index is -0.495. The van der Waals surface area contributed by atoms with Crippen LogP contribution in [0.25, 0.3) is 11.1 Å². The highest BCUT2D eigenvalue weighted by Gasteiger charge is 2.34. The number of nitrogen functional groups attached to an aromatic ring is 1. The van der Waals surface area contributed by atoms with Crippen LogP contribution in [0.3, 0.4) is 0 Å². The molecule has 2 aromatic rings. The molecule has 0 bridgehead atoms. The third kappa shape index (κ3) is 2.63. The van der Waals surface area contributed by atoms with E-state index in [0.29, 0.717) is 22.7 Å². The Morgan fingerprint density at radius 3 is 2.86 bits per heavy atom. The van der Waals surface area contributed by atoms with Crippen LogP contribution in [0, 0.1) is 5.92 Å². The quantitative estimate of drug-likeness (QED) is 0.648. The second-order valence-electron chi connectivity index (χ2n) is 6.20. The molecule has 1 aliphatic rings. The smallest absolute Gasteiger partial charge is 0.408 e. The Bertz CT molecular complexity index is 696. The monoisotopic (exact) mass is 291 g/mol. The number of aliphatic hydroxyl groups excluding tert-OH is 1. The van der Waals surface area contributed by atoms with Gasteiger partial charge in [-0.3, -0.25) is 4.98 Å². The van der Waals surface area contributed by atoms with Gasteiger partial charge in [-0.05, 0) is 37.7 Å². The van der Waals surface area contributed by atoms with Crippen molar-refractivity contribution in [1.29, 1.82) is 0 Å². The first-order valence-electron chi connectivity index (χ1n) is 7.33. The van der Waals surface area contributed by atoms with Crippen LogP contribution >= 0.6 is 0 Å². The topological polar surface area (TPSA) is 104 Å². The fraction of sp³-hybridized carbons (Fsp3) is 0.533. The number of fused-ring (bicyclic) bond motifs is 1. The van der Waals surface area contributed by atoms with Gasteiger partial charge in [-0.15, -0.1) is 0 Å². The lowest BCUT2D eigenvalue weighted by molar-refractivity contribution is 0.155. The number of nitrogens with two attached hydrogens (primary N) is 1. The molecule has 114 valence electrons. The van der Waals surface area contributed by atoms with Crippen LogP contribution in [0.1, 0.15) is 32.6 Å². The van der Waals surface area contributed by atoms with Crippen LogP contribution in [0.15, 0.2) is 21.3 Å². The van der Waals surface area contributed by atoms with Crippen molar-refractivity contribution in [3.05, 3.63) is 22.7 Å². The maximum absolute atomic E-state index is 11.2. The number of benzene rings is 1. The number of anilines is 2. The molecule has 0 saturated heterocycles. The van der Waals surface area contributed by atoms with Crippen LogP contribution in [0.4, 0.5) is 11.4 Å². The highest BCUT2D eigenvalue weighted by Crippen LogP contribution is 2.36. The van der Waals surface area contributed by atoms with E-state index in [2.05, 4.69) is 17.2 Å². The number of H-pyrrole nitrogens is 1.